The molecule has 0 radical (unpaired) electrons. The number of halogens is 1. The molecule has 1 atom stereocenters. The van der Waals surface area contributed by atoms with Crippen molar-refractivity contribution in [2.24, 2.45) is 0 Å². The number of para-hydroxylation sites is 1. The Morgan fingerprint density at radius 1 is 1.18 bits per heavy atom. The second-order valence-corrected chi connectivity index (χ2v) is 10.4. The molecule has 1 unspecified atom stereocenters. The van der Waals surface area contributed by atoms with E-state index in [9.17, 15) is 14.7 Å². The van der Waals surface area contributed by atoms with Crippen LogP contribution in [-0.2, 0) is 9.59 Å². The van der Waals surface area contributed by atoms with Gasteiger partial charge in [-0.05, 0) is 42.1 Å². The number of aryl methyl sites for hydroxylation is 1. The molecule has 34 heavy (non-hydrogen) atoms. The lowest BCUT2D eigenvalue weighted by atomic mass is 9.99. The maximum atomic E-state index is 13.3. The zero-order chi connectivity index (χ0) is 23.6. The number of thiazole rings is 1. The van der Waals surface area contributed by atoms with Crippen molar-refractivity contribution in [2.75, 3.05) is 4.90 Å². The molecule has 1 amide bonds. The molecule has 9 heteroatoms. The molecule has 1 saturated heterocycles. The fourth-order valence-corrected chi connectivity index (χ4v) is 6.35. The van der Waals surface area contributed by atoms with E-state index in [1.165, 1.54) is 27.6 Å². The number of aliphatic hydroxyl groups excluding tert-OH is 1. The van der Waals surface area contributed by atoms with Crippen molar-refractivity contribution in [3.63, 3.8) is 0 Å². The van der Waals surface area contributed by atoms with Crippen LogP contribution in [0, 0.1) is 6.92 Å². The second kappa shape index (κ2) is 7.80. The van der Waals surface area contributed by atoms with Gasteiger partial charge in [-0.25, -0.2) is 4.98 Å². The van der Waals surface area contributed by atoms with Crippen LogP contribution in [0.15, 0.2) is 65.7 Å². The number of fused-ring (bicyclic) bond motifs is 2. The lowest BCUT2D eigenvalue weighted by molar-refractivity contribution is -0.132. The van der Waals surface area contributed by atoms with Gasteiger partial charge in [0.25, 0.3) is 5.78 Å². The van der Waals surface area contributed by atoms with Crippen LogP contribution >= 0.6 is 34.3 Å². The van der Waals surface area contributed by atoms with E-state index in [-0.39, 0.29) is 11.3 Å². The van der Waals surface area contributed by atoms with E-state index < -0.39 is 17.7 Å². The van der Waals surface area contributed by atoms with Gasteiger partial charge in [0.1, 0.15) is 11.8 Å². The number of thiophene rings is 1. The van der Waals surface area contributed by atoms with E-state index in [4.69, 9.17) is 11.6 Å². The number of aromatic nitrogens is 2. The number of amides is 1. The minimum atomic E-state index is -0.786. The molecule has 1 aliphatic heterocycles. The number of nitrogens with one attached hydrogen (secondary N) is 1. The molecule has 168 valence electrons. The maximum Gasteiger partial charge on any atom is 0.301 e. The van der Waals surface area contributed by atoms with Crippen molar-refractivity contribution >= 4 is 78.0 Å². The summed E-state index contributed by atoms with van der Waals surface area (Å²) in [6.07, 6.45) is 1.65. The molecule has 2 aromatic carbocycles. The van der Waals surface area contributed by atoms with Gasteiger partial charge < -0.3 is 10.1 Å². The number of aliphatic hydroxyl groups is 1. The summed E-state index contributed by atoms with van der Waals surface area (Å²) < 4.78 is 0.861. The summed E-state index contributed by atoms with van der Waals surface area (Å²) in [4.78, 5) is 36.6. The number of hydrogen-bond acceptors (Lipinski definition) is 6. The van der Waals surface area contributed by atoms with E-state index in [0.717, 1.165) is 26.0 Å². The number of aromatic amines is 1. The normalized spacial score (nSPS) is 17.9. The molecule has 0 bridgehead atoms. The number of hydrogen-bond donors (Lipinski definition) is 2. The van der Waals surface area contributed by atoms with Gasteiger partial charge in [-0.3, -0.25) is 14.5 Å². The average Bonchev–Trinajstić information content (AvgIpc) is 3.60. The molecule has 6 rings (SSSR count). The van der Waals surface area contributed by atoms with Gasteiger partial charge in [0.2, 0.25) is 0 Å². The molecule has 0 spiro atoms. The Labute approximate surface area is 206 Å². The predicted molar refractivity (Wildman–Crippen MR) is 137 cm³/mol. The zero-order valence-corrected chi connectivity index (χ0v) is 20.1. The smallest absolute Gasteiger partial charge is 0.301 e. The highest BCUT2D eigenvalue weighted by atomic mass is 35.5. The highest BCUT2D eigenvalue weighted by Gasteiger charge is 2.48. The van der Waals surface area contributed by atoms with E-state index in [1.807, 2.05) is 54.8 Å². The van der Waals surface area contributed by atoms with E-state index >= 15 is 0 Å². The largest absolute Gasteiger partial charge is 0.507 e. The summed E-state index contributed by atoms with van der Waals surface area (Å²) in [5.74, 6) is -1.67. The lowest BCUT2D eigenvalue weighted by Gasteiger charge is -2.21. The highest BCUT2D eigenvalue weighted by molar-refractivity contribution is 7.22. The molecule has 0 saturated carbocycles. The number of nitrogens with zero attached hydrogens (tertiary/aromatic N) is 2. The summed E-state index contributed by atoms with van der Waals surface area (Å²) >= 11 is 9.00. The third kappa shape index (κ3) is 3.10. The Bertz CT molecular complexity index is 1610. The fourth-order valence-electron chi connectivity index (χ4n) is 4.30. The van der Waals surface area contributed by atoms with Crippen molar-refractivity contribution in [1.82, 2.24) is 9.97 Å². The topological polar surface area (TPSA) is 86.3 Å². The first-order chi connectivity index (χ1) is 16.4. The van der Waals surface area contributed by atoms with Crippen LogP contribution in [0.25, 0.3) is 26.9 Å². The van der Waals surface area contributed by atoms with Crippen molar-refractivity contribution in [2.45, 2.75) is 13.0 Å². The van der Waals surface area contributed by atoms with Crippen LogP contribution in [-0.4, -0.2) is 26.8 Å². The first kappa shape index (κ1) is 21.1. The number of carbonyl (C=O) groups is 2. The zero-order valence-electron chi connectivity index (χ0n) is 17.7. The van der Waals surface area contributed by atoms with Gasteiger partial charge in [-0.15, -0.1) is 11.3 Å². The SMILES string of the molecule is Cc1cc2sc(N3C(=O)C(=O)/C(=C(/O)c4c[nH]c5ccccc45)C3c3cccs3)nc2cc1Cl. The van der Waals surface area contributed by atoms with Gasteiger partial charge >= 0.3 is 5.91 Å². The number of benzene rings is 2. The van der Waals surface area contributed by atoms with Crippen LogP contribution in [0.4, 0.5) is 5.13 Å². The minimum absolute atomic E-state index is 0.0469. The third-order valence-corrected chi connectivity index (χ3v) is 8.31. The number of ketones is 1. The molecule has 1 aliphatic rings. The fraction of sp³-hybridized carbons (Fsp3) is 0.0800. The van der Waals surface area contributed by atoms with E-state index in [1.54, 1.807) is 12.3 Å². The number of Topliss-reactive ketones (excluding diaryl/α,β-unsaturated/α-hetero) is 1. The first-order valence-electron chi connectivity index (χ1n) is 10.4. The Morgan fingerprint density at radius 3 is 2.79 bits per heavy atom. The van der Waals surface area contributed by atoms with Crippen LogP contribution in [0.2, 0.25) is 5.02 Å². The summed E-state index contributed by atoms with van der Waals surface area (Å²) in [5.41, 5.74) is 2.90. The molecule has 4 heterocycles. The second-order valence-electron chi connectivity index (χ2n) is 8.00. The Balaban J connectivity index is 1.57. The number of H-pyrrole nitrogens is 1. The number of carbonyl (C=O) groups excluding carboxylic acids is 2. The summed E-state index contributed by atoms with van der Waals surface area (Å²) in [6, 6.07) is 14.1. The molecule has 2 N–H and O–H groups in total. The van der Waals surface area contributed by atoms with Crippen LogP contribution in [0.1, 0.15) is 22.0 Å². The van der Waals surface area contributed by atoms with Gasteiger partial charge in [-0.1, -0.05) is 47.2 Å². The summed E-state index contributed by atoms with van der Waals surface area (Å²) in [7, 11) is 0. The standard InChI is InChI=1S/C25H16ClN3O3S2/c1-12-9-19-17(10-15(12)26)28-25(34-19)29-21(18-7-4-8-33-18)20(23(31)24(29)32)22(30)14-11-27-16-6-3-2-5-13(14)16/h2-11,21,27,30H,1H3/b22-20+. The number of anilines is 1. The maximum absolute atomic E-state index is 13.3. The molecular weight excluding hydrogens is 490 g/mol. The highest BCUT2D eigenvalue weighted by Crippen LogP contribution is 2.46. The molecular formula is C25H16ClN3O3S2. The third-order valence-electron chi connectivity index (χ3n) is 5.97. The Morgan fingerprint density at radius 2 is 2.00 bits per heavy atom. The molecule has 5 aromatic rings. The average molecular weight is 506 g/mol. The van der Waals surface area contributed by atoms with E-state index in [0.29, 0.717) is 21.2 Å². The van der Waals surface area contributed by atoms with E-state index in [2.05, 4.69) is 9.97 Å². The van der Waals surface area contributed by atoms with Crippen molar-refractivity contribution < 1.29 is 14.7 Å². The quantitative estimate of drug-likeness (QED) is 0.168. The van der Waals surface area contributed by atoms with Crippen LogP contribution in [0.3, 0.4) is 0 Å². The van der Waals surface area contributed by atoms with Crippen LogP contribution < -0.4 is 4.90 Å². The first-order valence-corrected chi connectivity index (χ1v) is 12.5. The molecule has 6 nitrogen and oxygen atoms in total. The molecule has 1 fully saturated rings. The van der Waals surface area contributed by atoms with Crippen LogP contribution in [0.5, 0.6) is 0 Å². The van der Waals surface area contributed by atoms with Gasteiger partial charge in [-0.2, -0.15) is 0 Å². The van der Waals surface area contributed by atoms with Gasteiger partial charge in [0.05, 0.1) is 15.8 Å². The van der Waals surface area contributed by atoms with Crippen molar-refractivity contribution in [1.29, 1.82) is 0 Å². The monoisotopic (exact) mass is 505 g/mol. The van der Waals surface area contributed by atoms with Crippen molar-refractivity contribution in [3.05, 3.63) is 86.7 Å². The summed E-state index contributed by atoms with van der Waals surface area (Å²) in [6.45, 7) is 1.90. The lowest BCUT2D eigenvalue weighted by Crippen LogP contribution is -2.28. The van der Waals surface area contributed by atoms with Gasteiger partial charge in [0, 0.05) is 32.6 Å². The Kier molecular flexibility index (Phi) is 4.84. The van der Waals surface area contributed by atoms with Gasteiger partial charge in [0.15, 0.2) is 5.13 Å². The Hall–Kier alpha value is -3.46. The number of rotatable bonds is 3. The van der Waals surface area contributed by atoms with Crippen molar-refractivity contribution in [3.8, 4) is 0 Å². The predicted octanol–water partition coefficient (Wildman–Crippen LogP) is 6.43. The molecule has 3 aromatic heterocycles. The summed E-state index contributed by atoms with van der Waals surface area (Å²) in [5, 5.41) is 15.0. The molecule has 0 aliphatic carbocycles. The minimum Gasteiger partial charge on any atom is -0.507 e.